The van der Waals surface area contributed by atoms with Crippen molar-refractivity contribution in [3.63, 3.8) is 0 Å². The average molecular weight is 438 g/mol. The Labute approximate surface area is 163 Å². The van der Waals surface area contributed by atoms with Crippen LogP contribution in [0.5, 0.6) is 0 Å². The monoisotopic (exact) mass is 437 g/mol. The van der Waals surface area contributed by atoms with E-state index >= 15 is 0 Å². The van der Waals surface area contributed by atoms with Gasteiger partial charge in [0, 0.05) is 5.02 Å². The number of sulfonamides is 1. The highest BCUT2D eigenvalue weighted by Crippen LogP contribution is 2.44. The molecule has 1 heterocycles. The lowest BCUT2D eigenvalue weighted by Gasteiger charge is -2.34. The van der Waals surface area contributed by atoms with Gasteiger partial charge in [-0.05, 0) is 48.0 Å². The van der Waals surface area contributed by atoms with Gasteiger partial charge in [-0.25, -0.2) is 13.6 Å². The van der Waals surface area contributed by atoms with E-state index in [1.807, 2.05) is 0 Å². The van der Waals surface area contributed by atoms with Gasteiger partial charge in [0.15, 0.2) is 5.00 Å². The number of hydrogen-bond acceptors (Lipinski definition) is 4. The molecular weight excluding hydrogens is 426 g/mol. The first-order chi connectivity index (χ1) is 12.4. The summed E-state index contributed by atoms with van der Waals surface area (Å²) in [5, 5.41) is 6.52. The molecule has 27 heavy (non-hydrogen) atoms. The predicted molar refractivity (Wildman–Crippen MR) is 96.6 cm³/mol. The maximum absolute atomic E-state index is 13.3. The third-order valence-electron chi connectivity index (χ3n) is 3.87. The molecule has 0 fully saturated rings. The lowest BCUT2D eigenvalue weighted by molar-refractivity contribution is -0.0958. The zero-order valence-corrected chi connectivity index (χ0v) is 15.7. The smallest absolute Gasteiger partial charge is 0.292 e. The van der Waals surface area contributed by atoms with Crippen molar-refractivity contribution in [2.45, 2.75) is 16.1 Å². The van der Waals surface area contributed by atoms with E-state index in [0.717, 1.165) is 11.1 Å². The minimum absolute atomic E-state index is 0.180. The number of nitrogens with two attached hydrogens (primary N) is 1. The van der Waals surface area contributed by atoms with Crippen molar-refractivity contribution in [3.05, 3.63) is 70.9 Å². The van der Waals surface area contributed by atoms with Gasteiger partial charge >= 0.3 is 6.18 Å². The number of nitrogens with one attached hydrogen (secondary N) is 1. The molecule has 1 aliphatic rings. The molecule has 2 aromatic rings. The third-order valence-corrected chi connectivity index (χ3v) is 5.55. The van der Waals surface area contributed by atoms with E-state index < -0.39 is 26.9 Å². The summed E-state index contributed by atoms with van der Waals surface area (Å²) in [5.41, 5.74) is 1.71. The molecule has 3 rings (SSSR count). The standard InChI is InChI=1S/C16H12Cl2F3N3O2S/c17-11-3-1-10(2-4-11)15(18)9-14(16(19,20)21)23-24(15)12-5-7-13(8-6-12)27(22,25)26/h1-9,23H,(H2,22,25,26). The fourth-order valence-corrected chi connectivity index (χ4v) is 3.58. The third kappa shape index (κ3) is 3.86. The first-order valence-electron chi connectivity index (χ1n) is 7.36. The number of nitrogens with zero attached hydrogens (tertiary/aromatic N) is 1. The molecule has 0 bridgehead atoms. The first kappa shape index (κ1) is 19.8. The Morgan fingerprint density at radius 2 is 1.59 bits per heavy atom. The fraction of sp³-hybridized carbons (Fsp3) is 0.125. The van der Waals surface area contributed by atoms with Crippen LogP contribution in [0.25, 0.3) is 0 Å². The van der Waals surface area contributed by atoms with E-state index in [1.165, 1.54) is 48.5 Å². The van der Waals surface area contributed by atoms with E-state index in [9.17, 15) is 21.6 Å². The second-order valence-corrected chi connectivity index (χ2v) is 8.30. The Balaban J connectivity index is 2.09. The highest BCUT2D eigenvalue weighted by molar-refractivity contribution is 7.89. The summed E-state index contributed by atoms with van der Waals surface area (Å²) < 4.78 is 62.5. The molecule has 1 unspecified atom stereocenters. The largest absolute Gasteiger partial charge is 0.432 e. The molecular formula is C16H12Cl2F3N3O2S. The summed E-state index contributed by atoms with van der Waals surface area (Å²) in [4.78, 5) is -1.90. The first-order valence-corrected chi connectivity index (χ1v) is 9.66. The van der Waals surface area contributed by atoms with Crippen LogP contribution in [-0.4, -0.2) is 14.6 Å². The van der Waals surface area contributed by atoms with Crippen molar-refractivity contribution >= 4 is 38.9 Å². The number of primary sulfonamides is 1. The fourth-order valence-electron chi connectivity index (χ4n) is 2.57. The van der Waals surface area contributed by atoms with Crippen LogP contribution >= 0.6 is 23.2 Å². The van der Waals surface area contributed by atoms with Gasteiger partial charge in [0.25, 0.3) is 0 Å². The molecule has 11 heteroatoms. The van der Waals surface area contributed by atoms with Crippen molar-refractivity contribution in [1.29, 1.82) is 0 Å². The van der Waals surface area contributed by atoms with Crippen LogP contribution in [0, 0.1) is 0 Å². The van der Waals surface area contributed by atoms with Gasteiger partial charge in [-0.2, -0.15) is 13.2 Å². The maximum Gasteiger partial charge on any atom is 0.432 e. The normalized spacial score (nSPS) is 20.4. The van der Waals surface area contributed by atoms with E-state index in [-0.39, 0.29) is 10.6 Å². The minimum Gasteiger partial charge on any atom is -0.292 e. The van der Waals surface area contributed by atoms with Gasteiger partial charge < -0.3 is 0 Å². The molecule has 3 N–H and O–H groups in total. The number of alkyl halides is 4. The molecule has 0 amide bonds. The van der Waals surface area contributed by atoms with Crippen LogP contribution in [0.2, 0.25) is 5.02 Å². The quantitative estimate of drug-likeness (QED) is 0.564. The molecule has 0 radical (unpaired) electrons. The van der Waals surface area contributed by atoms with Crippen molar-refractivity contribution in [2.75, 3.05) is 5.01 Å². The topological polar surface area (TPSA) is 75.4 Å². The van der Waals surface area contributed by atoms with Crippen molar-refractivity contribution in [3.8, 4) is 0 Å². The van der Waals surface area contributed by atoms with E-state index in [2.05, 4.69) is 5.43 Å². The Kier molecular flexibility index (Phi) is 4.84. The van der Waals surface area contributed by atoms with Crippen LogP contribution in [0.15, 0.2) is 65.2 Å². The molecule has 0 aliphatic carbocycles. The summed E-state index contributed by atoms with van der Waals surface area (Å²) in [6.07, 6.45) is -3.83. The van der Waals surface area contributed by atoms with Gasteiger partial charge in [0.1, 0.15) is 5.70 Å². The van der Waals surface area contributed by atoms with Gasteiger partial charge in [0.05, 0.1) is 10.6 Å². The summed E-state index contributed by atoms with van der Waals surface area (Å²) >= 11 is 12.4. The van der Waals surface area contributed by atoms with Crippen molar-refractivity contribution in [1.82, 2.24) is 5.43 Å². The van der Waals surface area contributed by atoms with Crippen LogP contribution in [0.1, 0.15) is 5.56 Å². The lowest BCUT2D eigenvalue weighted by Crippen LogP contribution is -2.45. The van der Waals surface area contributed by atoms with Crippen molar-refractivity contribution in [2.24, 2.45) is 5.14 Å². The zero-order valence-electron chi connectivity index (χ0n) is 13.3. The number of anilines is 1. The molecule has 2 aromatic carbocycles. The highest BCUT2D eigenvalue weighted by Gasteiger charge is 2.48. The van der Waals surface area contributed by atoms with Crippen LogP contribution in [0.4, 0.5) is 18.9 Å². The number of benzene rings is 2. The van der Waals surface area contributed by atoms with Gasteiger partial charge in [-0.15, -0.1) is 0 Å². The molecule has 144 valence electrons. The number of allylic oxidation sites excluding steroid dienone is 1. The summed E-state index contributed by atoms with van der Waals surface area (Å²) in [6.45, 7) is 0. The zero-order chi connectivity index (χ0) is 20.0. The maximum atomic E-state index is 13.3. The highest BCUT2D eigenvalue weighted by atomic mass is 35.5. The Bertz CT molecular complexity index is 993. The Morgan fingerprint density at radius 3 is 2.07 bits per heavy atom. The average Bonchev–Trinajstić information content (AvgIpc) is 2.94. The molecule has 5 nitrogen and oxygen atoms in total. The van der Waals surface area contributed by atoms with Crippen molar-refractivity contribution < 1.29 is 21.6 Å². The van der Waals surface area contributed by atoms with Crippen LogP contribution < -0.4 is 15.6 Å². The second kappa shape index (κ2) is 6.59. The molecule has 0 spiro atoms. The molecule has 0 aromatic heterocycles. The number of halogens is 5. The summed E-state index contributed by atoms with van der Waals surface area (Å²) in [7, 11) is -3.94. The minimum atomic E-state index is -4.66. The van der Waals surface area contributed by atoms with Gasteiger partial charge in [-0.3, -0.25) is 10.4 Å². The van der Waals surface area contributed by atoms with Gasteiger partial charge in [-0.1, -0.05) is 35.3 Å². The van der Waals surface area contributed by atoms with E-state index in [0.29, 0.717) is 10.6 Å². The number of hydrogen-bond donors (Lipinski definition) is 2. The lowest BCUT2D eigenvalue weighted by atomic mass is 10.0. The molecule has 1 atom stereocenters. The van der Waals surface area contributed by atoms with E-state index in [4.69, 9.17) is 28.3 Å². The molecule has 0 saturated carbocycles. The SMILES string of the molecule is NS(=O)(=O)c1ccc(N2NC(C(F)(F)F)=CC2(Cl)c2ccc(Cl)cc2)cc1. The van der Waals surface area contributed by atoms with E-state index in [1.54, 1.807) is 0 Å². The predicted octanol–water partition coefficient (Wildman–Crippen LogP) is 3.85. The molecule has 0 saturated heterocycles. The molecule has 1 aliphatic heterocycles. The Hall–Kier alpha value is -1.94. The number of hydrazine groups is 1. The summed E-state index contributed by atoms with van der Waals surface area (Å²) in [6, 6.07) is 11.0. The van der Waals surface area contributed by atoms with Crippen LogP contribution in [-0.2, 0) is 15.0 Å². The Morgan fingerprint density at radius 1 is 1.04 bits per heavy atom. The van der Waals surface area contributed by atoms with Gasteiger partial charge in [0.2, 0.25) is 10.0 Å². The number of rotatable bonds is 3. The van der Waals surface area contributed by atoms with Crippen LogP contribution in [0.3, 0.4) is 0 Å². The second-order valence-electron chi connectivity index (χ2n) is 5.72. The summed E-state index contributed by atoms with van der Waals surface area (Å²) in [5.74, 6) is 0.